The molecule has 1 amide bonds. The molecule has 0 spiro atoms. The Kier molecular flexibility index (Phi) is 51.3. The number of phosphoric ester groups is 1. The molecule has 0 fully saturated rings. The number of phosphoric acid groups is 1. The fraction of sp³-hybridized carbons (Fsp3) is 0.845. The molecule has 4 N–H and O–H groups in total. The van der Waals surface area contributed by atoms with Gasteiger partial charge in [0.15, 0.2) is 6.04 Å². The maximum Gasteiger partial charge on any atom is 0.472 e. The zero-order valence-electron chi connectivity index (χ0n) is 45.1. The van der Waals surface area contributed by atoms with Gasteiger partial charge in [0.2, 0.25) is 5.91 Å². The summed E-state index contributed by atoms with van der Waals surface area (Å²) in [5.74, 6) is -2.36. The van der Waals surface area contributed by atoms with Crippen LogP contribution in [0.25, 0.3) is 0 Å². The second-order valence-corrected chi connectivity index (χ2v) is 21.3. The lowest BCUT2D eigenvalue weighted by molar-refractivity contribution is -0.147. The maximum atomic E-state index is 12.4. The summed E-state index contributed by atoms with van der Waals surface area (Å²) in [4.78, 5) is 46.3. The summed E-state index contributed by atoms with van der Waals surface area (Å²) in [7, 11) is -4.76. The molecule has 0 bridgehead atoms. The normalized spacial score (nSPS) is 13.7. The second-order valence-electron chi connectivity index (χ2n) is 19.8. The van der Waals surface area contributed by atoms with E-state index in [-0.39, 0.29) is 12.8 Å². The van der Waals surface area contributed by atoms with Crippen molar-refractivity contribution in [1.82, 2.24) is 5.32 Å². The number of nitrogens with one attached hydrogen (secondary N) is 1. The van der Waals surface area contributed by atoms with Crippen LogP contribution in [0.15, 0.2) is 36.5 Å². The van der Waals surface area contributed by atoms with Crippen LogP contribution in [0.5, 0.6) is 0 Å². The van der Waals surface area contributed by atoms with E-state index in [0.29, 0.717) is 12.8 Å². The lowest BCUT2D eigenvalue weighted by Gasteiger charge is -2.18. The van der Waals surface area contributed by atoms with Gasteiger partial charge in [-0.2, -0.15) is 0 Å². The summed E-state index contributed by atoms with van der Waals surface area (Å²) < 4.78 is 27.0. The van der Waals surface area contributed by atoms with Crippen LogP contribution in [0.3, 0.4) is 0 Å². The molecule has 0 aliphatic heterocycles. The minimum atomic E-state index is -4.76. The number of unbranched alkanes of at least 4 members (excludes halogenated alkanes) is 35. The smallest absolute Gasteiger partial charge is 0.472 e. The number of aliphatic carboxylic acids is 1. The molecule has 0 aromatic heterocycles. The van der Waals surface area contributed by atoms with E-state index in [1.165, 1.54) is 199 Å². The fourth-order valence-corrected chi connectivity index (χ4v) is 9.17. The van der Waals surface area contributed by atoms with E-state index >= 15 is 0 Å². The van der Waals surface area contributed by atoms with Crippen LogP contribution in [-0.4, -0.2) is 64.9 Å². The molecule has 0 aliphatic carbocycles. The van der Waals surface area contributed by atoms with Crippen molar-refractivity contribution in [3.05, 3.63) is 36.5 Å². The Morgan fingerprint density at radius 1 is 0.457 bits per heavy atom. The van der Waals surface area contributed by atoms with Gasteiger partial charge < -0.3 is 25.2 Å². The number of carboxylic acids is 1. The Bertz CT molecular complexity index is 1320. The number of aliphatic hydroxyl groups is 1. The Morgan fingerprint density at radius 2 is 0.786 bits per heavy atom. The quantitative estimate of drug-likeness (QED) is 0.0199. The average Bonchev–Trinajstić information content (AvgIpc) is 3.34. The predicted octanol–water partition coefficient (Wildman–Crippen LogP) is 16.7. The molecule has 0 aromatic rings. The summed E-state index contributed by atoms with van der Waals surface area (Å²) >= 11 is 0. The first-order chi connectivity index (χ1) is 34.1. The minimum Gasteiger partial charge on any atom is -0.480 e. The molecule has 3 atom stereocenters. The third kappa shape index (κ3) is 52.0. The molecule has 0 heterocycles. The molecule has 3 unspecified atom stereocenters. The highest BCUT2D eigenvalue weighted by atomic mass is 31.2. The van der Waals surface area contributed by atoms with Gasteiger partial charge in [-0.1, -0.05) is 237 Å². The third-order valence-corrected chi connectivity index (χ3v) is 13.9. The number of carbonyl (C=O) groups is 3. The van der Waals surface area contributed by atoms with E-state index in [0.717, 1.165) is 44.9 Å². The number of hydrogen-bond acceptors (Lipinski definition) is 8. The number of esters is 1. The lowest BCUT2D eigenvalue weighted by atomic mass is 10.0. The molecule has 0 saturated heterocycles. The zero-order valence-corrected chi connectivity index (χ0v) is 46.0. The van der Waals surface area contributed by atoms with Crippen LogP contribution in [0.1, 0.15) is 284 Å². The van der Waals surface area contributed by atoms with E-state index < -0.39 is 57.6 Å². The Labute approximate surface area is 429 Å². The summed E-state index contributed by atoms with van der Waals surface area (Å²) in [5, 5.41) is 22.0. The van der Waals surface area contributed by atoms with Crippen LogP contribution in [0.4, 0.5) is 0 Å². The molecule has 12 heteroatoms. The predicted molar refractivity (Wildman–Crippen MR) is 291 cm³/mol. The van der Waals surface area contributed by atoms with Crippen molar-refractivity contribution in [2.24, 2.45) is 0 Å². The number of carboxylic acid groups (broad SMARTS) is 1. The van der Waals surface area contributed by atoms with Crippen molar-refractivity contribution < 1.29 is 47.8 Å². The molecule has 0 aromatic carbocycles. The number of ether oxygens (including phenoxy) is 1. The van der Waals surface area contributed by atoms with Gasteiger partial charge in [0.25, 0.3) is 0 Å². The first-order valence-electron chi connectivity index (χ1n) is 29.0. The Balaban J connectivity index is 3.75. The standard InChI is InChI=1S/C58H108NO10P/c1-3-5-7-9-11-13-15-17-19-21-23-25-27-29-31-33-35-37-39-41-43-45-47-49-56(61)59-55(58(63)64)53-69-70(65,66)68-52-54(60)51-67-57(62)50-48-46-44-42-40-38-36-34-32-30-28-26-24-22-20-18-16-14-12-10-8-6-4-2/h12,14,17-20,54-55,60H,3-11,13,15-16,21-53H2,1-2H3,(H,59,61)(H,63,64)(H,65,66)/b14-12-,19-17+,20-18-. The van der Waals surface area contributed by atoms with Gasteiger partial charge in [-0.05, 0) is 70.6 Å². The molecule has 11 nitrogen and oxygen atoms in total. The number of rotatable bonds is 55. The topological polar surface area (TPSA) is 169 Å². The highest BCUT2D eigenvalue weighted by molar-refractivity contribution is 7.47. The monoisotopic (exact) mass is 1010 g/mol. The number of amides is 1. The van der Waals surface area contributed by atoms with Gasteiger partial charge >= 0.3 is 19.8 Å². The van der Waals surface area contributed by atoms with Gasteiger partial charge in [-0.15, -0.1) is 0 Å². The molecule has 410 valence electrons. The van der Waals surface area contributed by atoms with Crippen molar-refractivity contribution in [1.29, 1.82) is 0 Å². The summed E-state index contributed by atoms with van der Waals surface area (Å²) in [6.07, 6.45) is 61.7. The molecular formula is C58H108NO10P. The summed E-state index contributed by atoms with van der Waals surface area (Å²) in [5.41, 5.74) is 0. The molecule has 0 saturated carbocycles. The summed E-state index contributed by atoms with van der Waals surface area (Å²) in [6, 6.07) is -1.55. The fourth-order valence-electron chi connectivity index (χ4n) is 8.40. The van der Waals surface area contributed by atoms with Crippen LogP contribution >= 0.6 is 7.82 Å². The van der Waals surface area contributed by atoms with E-state index in [4.69, 9.17) is 13.8 Å². The SMILES string of the molecule is CCCCC/C=C\C/C=C\CCCCCCCCCCCCCCCC(=O)OCC(O)COP(=O)(O)OCC(NC(=O)CCCCCCCCCCCCCCC/C=C/CCCCCCCC)C(=O)O. The van der Waals surface area contributed by atoms with E-state index in [1.54, 1.807) is 0 Å². The van der Waals surface area contributed by atoms with E-state index in [1.807, 2.05) is 0 Å². The third-order valence-electron chi connectivity index (χ3n) is 12.9. The van der Waals surface area contributed by atoms with Crippen LogP contribution in [0, 0.1) is 0 Å². The van der Waals surface area contributed by atoms with Gasteiger partial charge in [0.1, 0.15) is 12.7 Å². The van der Waals surface area contributed by atoms with Gasteiger partial charge in [-0.3, -0.25) is 18.6 Å². The first kappa shape index (κ1) is 67.7. The largest absolute Gasteiger partial charge is 0.480 e. The zero-order chi connectivity index (χ0) is 51.3. The highest BCUT2D eigenvalue weighted by Crippen LogP contribution is 2.43. The lowest BCUT2D eigenvalue weighted by Crippen LogP contribution is -2.43. The number of allylic oxidation sites excluding steroid dienone is 6. The molecule has 0 aliphatic rings. The number of carbonyl (C=O) groups excluding carboxylic acids is 2. The van der Waals surface area contributed by atoms with Crippen LogP contribution < -0.4 is 5.32 Å². The molecule has 70 heavy (non-hydrogen) atoms. The number of hydrogen-bond donors (Lipinski definition) is 4. The number of aliphatic hydroxyl groups excluding tert-OH is 1. The second kappa shape index (κ2) is 53.0. The van der Waals surface area contributed by atoms with E-state index in [2.05, 4.69) is 55.6 Å². The molecule has 0 rings (SSSR count). The average molecular weight is 1010 g/mol. The summed E-state index contributed by atoms with van der Waals surface area (Å²) in [6.45, 7) is 2.62. The van der Waals surface area contributed by atoms with Gasteiger partial charge in [-0.25, -0.2) is 9.36 Å². The van der Waals surface area contributed by atoms with Gasteiger partial charge in [0, 0.05) is 12.8 Å². The van der Waals surface area contributed by atoms with Crippen molar-refractivity contribution in [3.8, 4) is 0 Å². The minimum absolute atomic E-state index is 0.148. The van der Waals surface area contributed by atoms with E-state index in [9.17, 15) is 34.1 Å². The molecule has 0 radical (unpaired) electrons. The van der Waals surface area contributed by atoms with Crippen molar-refractivity contribution in [2.45, 2.75) is 296 Å². The first-order valence-corrected chi connectivity index (χ1v) is 30.5. The van der Waals surface area contributed by atoms with Crippen LogP contribution in [0.2, 0.25) is 0 Å². The highest BCUT2D eigenvalue weighted by Gasteiger charge is 2.28. The van der Waals surface area contributed by atoms with Crippen molar-refractivity contribution in [2.75, 3.05) is 19.8 Å². The van der Waals surface area contributed by atoms with Crippen molar-refractivity contribution in [3.63, 3.8) is 0 Å². The Hall–Kier alpha value is -2.30. The maximum absolute atomic E-state index is 12.4. The van der Waals surface area contributed by atoms with Gasteiger partial charge in [0.05, 0.1) is 13.2 Å². The van der Waals surface area contributed by atoms with Crippen molar-refractivity contribution >= 4 is 25.7 Å². The van der Waals surface area contributed by atoms with Crippen LogP contribution in [-0.2, 0) is 32.7 Å². The Morgan fingerprint density at radius 3 is 1.20 bits per heavy atom. The molecular weight excluding hydrogens is 902 g/mol.